The number of benzene rings is 2. The molecule has 134 valence electrons. The second kappa shape index (κ2) is 7.93. The minimum atomic E-state index is -0.900. The highest BCUT2D eigenvalue weighted by Crippen LogP contribution is 2.34. The van der Waals surface area contributed by atoms with Crippen LogP contribution < -0.4 is 14.2 Å². The first-order chi connectivity index (χ1) is 12.6. The van der Waals surface area contributed by atoms with E-state index in [0.717, 1.165) is 5.39 Å². The number of aliphatic carboxylic acids is 1. The van der Waals surface area contributed by atoms with Crippen molar-refractivity contribution in [3.8, 4) is 23.1 Å². The van der Waals surface area contributed by atoms with E-state index in [-0.39, 0.29) is 13.0 Å². The Balaban J connectivity index is 1.75. The summed E-state index contributed by atoms with van der Waals surface area (Å²) in [6.45, 7) is 0.113. The van der Waals surface area contributed by atoms with Crippen LogP contribution in [0, 0.1) is 0 Å². The molecule has 2 aromatic carbocycles. The highest BCUT2D eigenvalue weighted by molar-refractivity contribution is 6.33. The predicted octanol–water partition coefficient (Wildman–Crippen LogP) is 4.54. The second-order valence-corrected chi connectivity index (χ2v) is 5.77. The van der Waals surface area contributed by atoms with E-state index in [9.17, 15) is 4.79 Å². The summed E-state index contributed by atoms with van der Waals surface area (Å²) in [5.74, 6) is 1.14. The van der Waals surface area contributed by atoms with Crippen LogP contribution in [-0.4, -0.2) is 29.8 Å². The zero-order valence-corrected chi connectivity index (χ0v) is 14.7. The van der Waals surface area contributed by atoms with Crippen LogP contribution >= 0.6 is 11.6 Å². The van der Waals surface area contributed by atoms with Crippen LogP contribution in [-0.2, 0) is 4.79 Å². The van der Waals surface area contributed by atoms with Gasteiger partial charge < -0.3 is 19.3 Å². The number of methoxy groups -OCH3 is 1. The standard InChI is InChI=1S/C19H16ClNO5/c1-24-19-15(20)8-2-12-3-9-16(21-18(12)19)26-14-6-4-13(5-7-14)25-11-10-17(22)23/h2-9H,10-11H2,1H3,(H,22,23). The molecule has 0 saturated carbocycles. The summed E-state index contributed by atoms with van der Waals surface area (Å²) in [6, 6.07) is 14.1. The number of ether oxygens (including phenoxy) is 3. The van der Waals surface area contributed by atoms with Crippen LogP contribution in [0.5, 0.6) is 23.1 Å². The number of hydrogen-bond donors (Lipinski definition) is 1. The summed E-state index contributed by atoms with van der Waals surface area (Å²) in [7, 11) is 1.54. The van der Waals surface area contributed by atoms with Crippen LogP contribution in [0.15, 0.2) is 48.5 Å². The van der Waals surface area contributed by atoms with Crippen molar-refractivity contribution in [1.29, 1.82) is 0 Å². The second-order valence-electron chi connectivity index (χ2n) is 5.37. The van der Waals surface area contributed by atoms with Crippen LogP contribution in [0.25, 0.3) is 10.9 Å². The molecule has 7 heteroatoms. The van der Waals surface area contributed by atoms with E-state index in [1.165, 1.54) is 0 Å². The van der Waals surface area contributed by atoms with Gasteiger partial charge in [-0.15, -0.1) is 0 Å². The van der Waals surface area contributed by atoms with Crippen molar-refractivity contribution in [3.63, 3.8) is 0 Å². The quantitative estimate of drug-likeness (QED) is 0.655. The number of halogens is 1. The van der Waals surface area contributed by atoms with E-state index in [2.05, 4.69) is 4.98 Å². The van der Waals surface area contributed by atoms with Gasteiger partial charge in [0.25, 0.3) is 0 Å². The minimum absolute atomic E-state index is 0.0519. The number of carboxylic acid groups (broad SMARTS) is 1. The monoisotopic (exact) mass is 373 g/mol. The molecular weight excluding hydrogens is 358 g/mol. The third-order valence-corrected chi connectivity index (χ3v) is 3.87. The van der Waals surface area contributed by atoms with E-state index in [4.69, 9.17) is 30.9 Å². The number of hydrogen-bond acceptors (Lipinski definition) is 5. The Morgan fingerprint density at radius 2 is 1.77 bits per heavy atom. The van der Waals surface area contributed by atoms with Gasteiger partial charge in [0.1, 0.15) is 17.0 Å². The van der Waals surface area contributed by atoms with Gasteiger partial charge >= 0.3 is 5.97 Å². The number of rotatable bonds is 7. The lowest BCUT2D eigenvalue weighted by Gasteiger charge is -2.10. The number of pyridine rings is 1. The zero-order valence-electron chi connectivity index (χ0n) is 13.9. The molecule has 1 heterocycles. The molecule has 3 aromatic rings. The Bertz CT molecular complexity index is 927. The van der Waals surface area contributed by atoms with Gasteiger partial charge in [-0.05, 0) is 36.4 Å². The first kappa shape index (κ1) is 17.8. The van der Waals surface area contributed by atoms with E-state index in [0.29, 0.717) is 33.7 Å². The first-order valence-electron chi connectivity index (χ1n) is 7.82. The SMILES string of the molecule is COc1c(Cl)ccc2ccc(Oc3ccc(OCCC(=O)O)cc3)nc12. The van der Waals surface area contributed by atoms with Crippen molar-refractivity contribution in [2.75, 3.05) is 13.7 Å². The molecule has 3 rings (SSSR count). The average molecular weight is 374 g/mol. The molecule has 6 nitrogen and oxygen atoms in total. The summed E-state index contributed by atoms with van der Waals surface area (Å²) in [4.78, 5) is 14.9. The van der Waals surface area contributed by atoms with Crippen LogP contribution in [0.1, 0.15) is 6.42 Å². The molecule has 1 aromatic heterocycles. The molecule has 0 fully saturated rings. The van der Waals surface area contributed by atoms with Gasteiger partial charge in [-0.3, -0.25) is 4.79 Å². The third kappa shape index (κ3) is 4.15. The Morgan fingerprint density at radius 1 is 1.08 bits per heavy atom. The molecule has 0 radical (unpaired) electrons. The molecule has 26 heavy (non-hydrogen) atoms. The van der Waals surface area contributed by atoms with Gasteiger partial charge in [0.05, 0.1) is 25.2 Å². The highest BCUT2D eigenvalue weighted by atomic mass is 35.5. The maximum absolute atomic E-state index is 10.5. The third-order valence-electron chi connectivity index (χ3n) is 3.58. The topological polar surface area (TPSA) is 77.9 Å². The average Bonchev–Trinajstić information content (AvgIpc) is 2.63. The lowest BCUT2D eigenvalue weighted by Crippen LogP contribution is -2.04. The fourth-order valence-corrected chi connectivity index (χ4v) is 2.58. The largest absolute Gasteiger partial charge is 0.493 e. The summed E-state index contributed by atoms with van der Waals surface area (Å²) in [6.07, 6.45) is -0.0519. The molecule has 0 spiro atoms. The molecule has 0 aliphatic rings. The summed E-state index contributed by atoms with van der Waals surface area (Å²) in [5.41, 5.74) is 0.617. The molecule has 1 N–H and O–H groups in total. The number of aromatic nitrogens is 1. The summed E-state index contributed by atoms with van der Waals surface area (Å²) < 4.78 is 16.4. The van der Waals surface area contributed by atoms with Gasteiger partial charge in [-0.25, -0.2) is 4.98 Å². The van der Waals surface area contributed by atoms with Gasteiger partial charge in [-0.2, -0.15) is 0 Å². The molecular formula is C19H16ClNO5. The number of fused-ring (bicyclic) bond motifs is 1. The Labute approximate surface area is 154 Å². The Kier molecular flexibility index (Phi) is 5.43. The Hall–Kier alpha value is -2.99. The number of nitrogens with zero attached hydrogens (tertiary/aromatic N) is 1. The van der Waals surface area contributed by atoms with Crippen LogP contribution in [0.4, 0.5) is 0 Å². The molecule has 0 amide bonds. The van der Waals surface area contributed by atoms with Crippen molar-refractivity contribution >= 4 is 28.5 Å². The van der Waals surface area contributed by atoms with Gasteiger partial charge in [-0.1, -0.05) is 17.7 Å². The molecule has 0 aliphatic carbocycles. The van der Waals surface area contributed by atoms with Crippen LogP contribution in [0.2, 0.25) is 5.02 Å². The summed E-state index contributed by atoms with van der Waals surface area (Å²) in [5, 5.41) is 9.97. The fourth-order valence-electron chi connectivity index (χ4n) is 2.35. The smallest absolute Gasteiger partial charge is 0.306 e. The lowest BCUT2D eigenvalue weighted by molar-refractivity contribution is -0.137. The molecule has 0 unspecified atom stereocenters. The van der Waals surface area contributed by atoms with Crippen molar-refractivity contribution in [2.45, 2.75) is 6.42 Å². The maximum atomic E-state index is 10.5. The van der Waals surface area contributed by atoms with Crippen molar-refractivity contribution in [3.05, 3.63) is 53.6 Å². The van der Waals surface area contributed by atoms with Crippen LogP contribution in [0.3, 0.4) is 0 Å². The fraction of sp³-hybridized carbons (Fsp3) is 0.158. The first-order valence-corrected chi connectivity index (χ1v) is 8.20. The van der Waals surface area contributed by atoms with E-state index < -0.39 is 5.97 Å². The van der Waals surface area contributed by atoms with Crippen molar-refractivity contribution < 1.29 is 24.1 Å². The molecule has 0 atom stereocenters. The Morgan fingerprint density at radius 3 is 2.46 bits per heavy atom. The molecule has 0 aliphatic heterocycles. The van der Waals surface area contributed by atoms with Gasteiger partial charge in [0.2, 0.25) is 5.88 Å². The van der Waals surface area contributed by atoms with E-state index in [1.54, 1.807) is 43.5 Å². The van der Waals surface area contributed by atoms with Crippen molar-refractivity contribution in [2.24, 2.45) is 0 Å². The normalized spacial score (nSPS) is 10.5. The van der Waals surface area contributed by atoms with Gasteiger partial charge in [0.15, 0.2) is 5.75 Å². The number of carbonyl (C=O) groups is 1. The highest BCUT2D eigenvalue weighted by Gasteiger charge is 2.10. The van der Waals surface area contributed by atoms with Crippen molar-refractivity contribution in [1.82, 2.24) is 4.98 Å². The van der Waals surface area contributed by atoms with E-state index in [1.807, 2.05) is 12.1 Å². The number of carboxylic acids is 1. The predicted molar refractivity (Wildman–Crippen MR) is 97.6 cm³/mol. The maximum Gasteiger partial charge on any atom is 0.306 e. The molecule has 0 saturated heterocycles. The van der Waals surface area contributed by atoms with E-state index >= 15 is 0 Å². The zero-order chi connectivity index (χ0) is 18.5. The lowest BCUT2D eigenvalue weighted by atomic mass is 10.2. The molecule has 0 bridgehead atoms. The van der Waals surface area contributed by atoms with Gasteiger partial charge in [0, 0.05) is 11.5 Å². The minimum Gasteiger partial charge on any atom is -0.493 e. The summed E-state index contributed by atoms with van der Waals surface area (Å²) >= 11 is 6.14.